The molecule has 1 aromatic carbocycles. The van der Waals surface area contributed by atoms with Crippen LogP contribution in [0, 0.1) is 0 Å². The zero-order valence-electron chi connectivity index (χ0n) is 16.1. The maximum Gasteiger partial charge on any atom is 0.168 e. The molecule has 144 valence electrons. The molecule has 3 aliphatic rings. The van der Waals surface area contributed by atoms with Gasteiger partial charge in [0.25, 0.3) is 0 Å². The lowest BCUT2D eigenvalue weighted by Crippen LogP contribution is -2.40. The van der Waals surface area contributed by atoms with Gasteiger partial charge >= 0.3 is 0 Å². The lowest BCUT2D eigenvalue weighted by atomic mass is 9.94. The molecule has 4 rings (SSSR count). The van der Waals surface area contributed by atoms with Gasteiger partial charge in [0.15, 0.2) is 11.5 Å². The van der Waals surface area contributed by atoms with Crippen LogP contribution in [-0.4, -0.2) is 37.7 Å². The van der Waals surface area contributed by atoms with Crippen LogP contribution in [0.3, 0.4) is 0 Å². The van der Waals surface area contributed by atoms with Gasteiger partial charge in [-0.1, -0.05) is 6.08 Å². The maximum atomic E-state index is 6.33. The van der Waals surface area contributed by atoms with Crippen LogP contribution < -0.4 is 25.8 Å². The summed E-state index contributed by atoms with van der Waals surface area (Å²) in [5.41, 5.74) is 10.2. The second kappa shape index (κ2) is 7.37. The van der Waals surface area contributed by atoms with Gasteiger partial charge in [-0.25, -0.2) is 4.99 Å². The van der Waals surface area contributed by atoms with Crippen LogP contribution in [0.15, 0.2) is 35.0 Å². The van der Waals surface area contributed by atoms with Crippen LogP contribution >= 0.6 is 0 Å². The van der Waals surface area contributed by atoms with Crippen molar-refractivity contribution in [3.05, 3.63) is 35.5 Å². The molecule has 4 N–H and O–H groups in total. The molecule has 0 saturated carbocycles. The average Bonchev–Trinajstić information content (AvgIpc) is 2.88. The Hall–Kier alpha value is -2.31. The molecule has 0 aliphatic carbocycles. The standard InChI is InChI=1S/C21H28N4O2/c1-14-12-21(2,22)13-19(24-14)25-16-10-17(15-4-3-6-23-7-5-15)20-18(11-16)26-8-9-27-20/h5,10-12,23H,3-4,6-9,13,22H2,1-2H3,(H,24,25). The largest absolute Gasteiger partial charge is 0.486 e. The van der Waals surface area contributed by atoms with E-state index in [9.17, 15) is 0 Å². The fourth-order valence-electron chi connectivity index (χ4n) is 3.92. The van der Waals surface area contributed by atoms with E-state index in [-0.39, 0.29) is 5.54 Å². The van der Waals surface area contributed by atoms with Crippen LogP contribution in [-0.2, 0) is 0 Å². The fourth-order valence-corrected chi connectivity index (χ4v) is 3.92. The van der Waals surface area contributed by atoms with Gasteiger partial charge in [0.05, 0.1) is 0 Å². The molecule has 0 radical (unpaired) electrons. The second-order valence-corrected chi connectivity index (χ2v) is 7.74. The third-order valence-corrected chi connectivity index (χ3v) is 4.97. The van der Waals surface area contributed by atoms with Gasteiger partial charge in [-0.2, -0.15) is 0 Å². The molecule has 6 nitrogen and oxygen atoms in total. The Balaban J connectivity index is 1.69. The fraction of sp³-hybridized carbons (Fsp3) is 0.476. The Bertz CT molecular complexity index is 824. The Morgan fingerprint density at radius 3 is 2.96 bits per heavy atom. The molecule has 0 fully saturated rings. The molecule has 3 aliphatic heterocycles. The predicted molar refractivity (Wildman–Crippen MR) is 110 cm³/mol. The average molecular weight is 368 g/mol. The van der Waals surface area contributed by atoms with E-state index in [1.807, 2.05) is 26.0 Å². The van der Waals surface area contributed by atoms with E-state index in [1.54, 1.807) is 0 Å². The summed E-state index contributed by atoms with van der Waals surface area (Å²) in [4.78, 5) is 4.63. The van der Waals surface area contributed by atoms with Crippen LogP contribution in [0.25, 0.3) is 5.57 Å². The first-order chi connectivity index (χ1) is 13.0. The van der Waals surface area contributed by atoms with Crippen molar-refractivity contribution in [2.75, 3.05) is 31.6 Å². The molecule has 1 atom stereocenters. The van der Waals surface area contributed by atoms with E-state index in [0.29, 0.717) is 19.6 Å². The van der Waals surface area contributed by atoms with E-state index in [2.05, 4.69) is 27.8 Å². The summed E-state index contributed by atoms with van der Waals surface area (Å²) in [5, 5.41) is 6.88. The summed E-state index contributed by atoms with van der Waals surface area (Å²) < 4.78 is 11.9. The lowest BCUT2D eigenvalue weighted by molar-refractivity contribution is 0.171. The first-order valence-electron chi connectivity index (χ1n) is 9.67. The number of allylic oxidation sites excluding steroid dienone is 2. The third kappa shape index (κ3) is 4.17. The molecule has 27 heavy (non-hydrogen) atoms. The van der Waals surface area contributed by atoms with Gasteiger partial charge < -0.3 is 25.8 Å². The zero-order valence-corrected chi connectivity index (χ0v) is 16.1. The molecule has 0 saturated heterocycles. The van der Waals surface area contributed by atoms with Crippen molar-refractivity contribution in [3.8, 4) is 11.5 Å². The van der Waals surface area contributed by atoms with Crippen molar-refractivity contribution < 1.29 is 9.47 Å². The molecule has 1 aromatic rings. The number of nitrogens with two attached hydrogens (primary N) is 1. The smallest absolute Gasteiger partial charge is 0.168 e. The quantitative estimate of drug-likeness (QED) is 0.747. The molecule has 0 aromatic heterocycles. The van der Waals surface area contributed by atoms with E-state index in [1.165, 1.54) is 5.57 Å². The van der Waals surface area contributed by atoms with Crippen LogP contribution in [0.2, 0.25) is 0 Å². The van der Waals surface area contributed by atoms with Crippen molar-refractivity contribution in [2.45, 2.75) is 38.6 Å². The van der Waals surface area contributed by atoms with Gasteiger partial charge in [0, 0.05) is 41.5 Å². The monoisotopic (exact) mass is 368 g/mol. The highest BCUT2D eigenvalue weighted by Gasteiger charge is 2.25. The highest BCUT2D eigenvalue weighted by atomic mass is 16.6. The van der Waals surface area contributed by atoms with Crippen molar-refractivity contribution in [1.82, 2.24) is 5.32 Å². The number of aliphatic imine (C=N–C) groups is 1. The zero-order chi connectivity index (χ0) is 18.9. The van der Waals surface area contributed by atoms with E-state index < -0.39 is 0 Å². The highest BCUT2D eigenvalue weighted by molar-refractivity contribution is 5.98. The summed E-state index contributed by atoms with van der Waals surface area (Å²) in [6, 6.07) is 4.15. The molecule has 0 spiro atoms. The summed E-state index contributed by atoms with van der Waals surface area (Å²) in [7, 11) is 0. The topological polar surface area (TPSA) is 80.9 Å². The third-order valence-electron chi connectivity index (χ3n) is 4.97. The maximum absolute atomic E-state index is 6.33. The summed E-state index contributed by atoms with van der Waals surface area (Å²) >= 11 is 0. The molecule has 6 heteroatoms. The Morgan fingerprint density at radius 2 is 2.11 bits per heavy atom. The minimum atomic E-state index is -0.389. The number of benzene rings is 1. The second-order valence-electron chi connectivity index (χ2n) is 7.74. The van der Waals surface area contributed by atoms with Crippen LogP contribution in [0.5, 0.6) is 11.5 Å². The normalized spacial score (nSPS) is 25.1. The number of hydrogen-bond donors (Lipinski definition) is 3. The summed E-state index contributed by atoms with van der Waals surface area (Å²) in [5.74, 6) is 2.52. The van der Waals surface area contributed by atoms with Crippen molar-refractivity contribution in [2.24, 2.45) is 10.7 Å². The molecule has 0 bridgehead atoms. The van der Waals surface area contributed by atoms with Gasteiger partial charge in [-0.05, 0) is 50.9 Å². The van der Waals surface area contributed by atoms with Crippen molar-refractivity contribution in [3.63, 3.8) is 0 Å². The van der Waals surface area contributed by atoms with Crippen molar-refractivity contribution in [1.29, 1.82) is 0 Å². The van der Waals surface area contributed by atoms with E-state index in [0.717, 1.165) is 60.2 Å². The van der Waals surface area contributed by atoms with E-state index >= 15 is 0 Å². The summed E-state index contributed by atoms with van der Waals surface area (Å²) in [6.45, 7) is 7.07. The van der Waals surface area contributed by atoms with Crippen LogP contribution in [0.1, 0.15) is 38.7 Å². The van der Waals surface area contributed by atoms with Gasteiger partial charge in [0.1, 0.15) is 19.0 Å². The van der Waals surface area contributed by atoms with Crippen LogP contribution in [0.4, 0.5) is 5.69 Å². The number of ether oxygens (including phenoxy) is 2. The lowest BCUT2D eigenvalue weighted by Gasteiger charge is -2.27. The number of fused-ring (bicyclic) bond motifs is 1. The SMILES string of the molecule is CC1=CC(C)(N)CC(Nc2cc3c(c(C4=CCNCCC4)c2)OCCO3)=N1. The predicted octanol–water partition coefficient (Wildman–Crippen LogP) is 3.06. The van der Waals surface area contributed by atoms with Gasteiger partial charge in [-0.15, -0.1) is 0 Å². The summed E-state index contributed by atoms with van der Waals surface area (Å²) in [6.07, 6.45) is 7.07. The molecular formula is C21H28N4O2. The number of anilines is 1. The number of amidine groups is 1. The van der Waals surface area contributed by atoms with E-state index in [4.69, 9.17) is 15.2 Å². The number of nitrogens with zero attached hydrogens (tertiary/aromatic N) is 1. The molecule has 3 heterocycles. The first kappa shape index (κ1) is 18.1. The minimum absolute atomic E-state index is 0.389. The first-order valence-corrected chi connectivity index (χ1v) is 9.67. The Labute approximate surface area is 160 Å². The van der Waals surface area contributed by atoms with Gasteiger partial charge in [0.2, 0.25) is 0 Å². The molecule has 0 amide bonds. The number of nitrogens with one attached hydrogen (secondary N) is 2. The Kier molecular flexibility index (Phi) is 4.93. The van der Waals surface area contributed by atoms with Crippen molar-refractivity contribution >= 4 is 17.1 Å². The van der Waals surface area contributed by atoms with Gasteiger partial charge in [-0.3, -0.25) is 0 Å². The minimum Gasteiger partial charge on any atom is -0.486 e. The number of hydrogen-bond acceptors (Lipinski definition) is 6. The molecule has 1 unspecified atom stereocenters. The highest BCUT2D eigenvalue weighted by Crippen LogP contribution is 2.42. The number of rotatable bonds is 2. The molecular weight excluding hydrogens is 340 g/mol. The Morgan fingerprint density at radius 1 is 1.26 bits per heavy atom.